The van der Waals surface area contributed by atoms with E-state index in [1.54, 1.807) is 12.1 Å². The fraction of sp³-hybridized carbons (Fsp3) is 0.0500. The van der Waals surface area contributed by atoms with Gasteiger partial charge in [-0.25, -0.2) is 9.31 Å². The number of aromatic nitrogens is 3. The number of aromatic carboxylic acids is 1. The molecule has 7 nitrogen and oxygen atoms in total. The van der Waals surface area contributed by atoms with Crippen LogP contribution in [0.25, 0.3) is 16.8 Å². The summed E-state index contributed by atoms with van der Waals surface area (Å²) in [5, 5.41) is 13.6. The minimum atomic E-state index is -1.11. The van der Waals surface area contributed by atoms with Crippen LogP contribution in [-0.2, 0) is 6.61 Å². The van der Waals surface area contributed by atoms with E-state index in [9.17, 15) is 9.90 Å². The van der Waals surface area contributed by atoms with E-state index >= 15 is 0 Å². The van der Waals surface area contributed by atoms with Crippen LogP contribution in [0.2, 0.25) is 0 Å². The predicted octanol–water partition coefficient (Wildman–Crippen LogP) is 3.26. The lowest BCUT2D eigenvalue weighted by molar-refractivity contribution is 0.0688. The maximum absolute atomic E-state index is 11.8. The van der Waals surface area contributed by atoms with Gasteiger partial charge in [0.2, 0.25) is 5.95 Å². The Morgan fingerprint density at radius 2 is 1.78 bits per heavy atom. The Morgan fingerprint density at radius 3 is 2.48 bits per heavy atom. The second kappa shape index (κ2) is 6.80. The maximum Gasteiger partial charge on any atom is 0.355 e. The quantitative estimate of drug-likeness (QED) is 0.566. The Labute approximate surface area is 154 Å². The van der Waals surface area contributed by atoms with Crippen molar-refractivity contribution in [3.05, 3.63) is 78.0 Å². The first-order chi connectivity index (χ1) is 13.1. The van der Waals surface area contributed by atoms with E-state index in [2.05, 4.69) is 10.1 Å². The molecule has 2 aromatic carbocycles. The van der Waals surface area contributed by atoms with Gasteiger partial charge in [-0.2, -0.15) is 4.98 Å². The van der Waals surface area contributed by atoms with Crippen molar-refractivity contribution in [2.75, 3.05) is 5.73 Å². The number of nitrogen functional groups attached to an aromatic ring is 1. The van der Waals surface area contributed by atoms with Crippen LogP contribution < -0.4 is 10.5 Å². The molecule has 0 aliphatic carbocycles. The van der Waals surface area contributed by atoms with Crippen molar-refractivity contribution < 1.29 is 14.6 Å². The molecule has 0 unspecified atom stereocenters. The van der Waals surface area contributed by atoms with Crippen molar-refractivity contribution in [3.63, 3.8) is 0 Å². The van der Waals surface area contributed by atoms with Crippen molar-refractivity contribution >= 4 is 17.6 Å². The summed E-state index contributed by atoms with van der Waals surface area (Å²) < 4.78 is 7.02. The number of benzene rings is 2. The average Bonchev–Trinajstić information content (AvgIpc) is 3.06. The SMILES string of the molecule is Nc1nc2ccc(-c3ccc(OCc4ccccc4)cc3)c(C(=O)O)n2n1. The number of ether oxygens (including phenoxy) is 1. The van der Waals surface area contributed by atoms with Gasteiger partial charge in [0.25, 0.3) is 0 Å². The number of carboxylic acids is 1. The molecule has 2 heterocycles. The number of hydrogen-bond acceptors (Lipinski definition) is 5. The molecule has 0 fully saturated rings. The van der Waals surface area contributed by atoms with Gasteiger partial charge in [-0.05, 0) is 35.4 Å². The van der Waals surface area contributed by atoms with Crippen LogP contribution in [0, 0.1) is 0 Å². The summed E-state index contributed by atoms with van der Waals surface area (Å²) in [5.74, 6) is -0.380. The fourth-order valence-electron chi connectivity index (χ4n) is 2.87. The van der Waals surface area contributed by atoms with Gasteiger partial charge in [-0.3, -0.25) is 0 Å². The maximum atomic E-state index is 11.8. The predicted molar refractivity (Wildman–Crippen MR) is 101 cm³/mol. The summed E-state index contributed by atoms with van der Waals surface area (Å²) in [6.45, 7) is 0.463. The zero-order valence-corrected chi connectivity index (χ0v) is 14.2. The third kappa shape index (κ3) is 3.30. The summed E-state index contributed by atoms with van der Waals surface area (Å²) in [7, 11) is 0. The van der Waals surface area contributed by atoms with Gasteiger partial charge in [0, 0.05) is 5.56 Å². The van der Waals surface area contributed by atoms with Gasteiger partial charge in [-0.15, -0.1) is 5.10 Å². The van der Waals surface area contributed by atoms with Crippen molar-refractivity contribution in [2.45, 2.75) is 6.61 Å². The molecule has 4 rings (SSSR count). The zero-order valence-electron chi connectivity index (χ0n) is 14.2. The molecule has 0 aliphatic rings. The normalized spacial score (nSPS) is 10.8. The highest BCUT2D eigenvalue weighted by molar-refractivity contribution is 5.95. The van der Waals surface area contributed by atoms with E-state index in [1.807, 2.05) is 54.6 Å². The molecule has 0 atom stereocenters. The molecule has 7 heteroatoms. The third-order valence-corrected chi connectivity index (χ3v) is 4.13. The molecule has 0 spiro atoms. The van der Waals surface area contributed by atoms with Crippen LogP contribution in [0.1, 0.15) is 16.1 Å². The number of rotatable bonds is 5. The summed E-state index contributed by atoms with van der Waals surface area (Å²) in [6.07, 6.45) is 0. The smallest absolute Gasteiger partial charge is 0.355 e. The number of carboxylic acid groups (broad SMARTS) is 1. The van der Waals surface area contributed by atoms with Crippen LogP contribution >= 0.6 is 0 Å². The van der Waals surface area contributed by atoms with Gasteiger partial charge < -0.3 is 15.6 Å². The third-order valence-electron chi connectivity index (χ3n) is 4.13. The topological polar surface area (TPSA) is 103 Å². The minimum absolute atomic E-state index is 0.00894. The van der Waals surface area contributed by atoms with Crippen LogP contribution in [0.5, 0.6) is 5.75 Å². The summed E-state index contributed by atoms with van der Waals surface area (Å²) in [5.41, 5.74) is 8.32. The summed E-state index contributed by atoms with van der Waals surface area (Å²) >= 11 is 0. The Kier molecular flexibility index (Phi) is 4.18. The fourth-order valence-corrected chi connectivity index (χ4v) is 2.87. The Morgan fingerprint density at radius 1 is 1.04 bits per heavy atom. The first-order valence-corrected chi connectivity index (χ1v) is 8.27. The van der Waals surface area contributed by atoms with E-state index in [-0.39, 0.29) is 11.6 Å². The van der Waals surface area contributed by atoms with Crippen molar-refractivity contribution in [2.24, 2.45) is 0 Å². The number of nitrogens with two attached hydrogens (primary N) is 1. The summed E-state index contributed by atoms with van der Waals surface area (Å²) in [6, 6.07) is 20.5. The average molecular weight is 360 g/mol. The number of hydrogen-bond donors (Lipinski definition) is 2. The highest BCUT2D eigenvalue weighted by Gasteiger charge is 2.18. The van der Waals surface area contributed by atoms with Gasteiger partial charge in [0.15, 0.2) is 11.3 Å². The number of fused-ring (bicyclic) bond motifs is 1. The second-order valence-corrected chi connectivity index (χ2v) is 5.94. The lowest BCUT2D eigenvalue weighted by Gasteiger charge is -2.10. The first kappa shape index (κ1) is 16.6. The molecule has 0 radical (unpaired) electrons. The second-order valence-electron chi connectivity index (χ2n) is 5.94. The number of anilines is 1. The molecule has 27 heavy (non-hydrogen) atoms. The molecule has 2 aromatic heterocycles. The molecule has 0 saturated heterocycles. The van der Waals surface area contributed by atoms with Crippen LogP contribution in [0.4, 0.5) is 5.95 Å². The van der Waals surface area contributed by atoms with E-state index < -0.39 is 5.97 Å². The summed E-state index contributed by atoms with van der Waals surface area (Å²) in [4.78, 5) is 15.8. The lowest BCUT2D eigenvalue weighted by Crippen LogP contribution is -2.09. The van der Waals surface area contributed by atoms with Crippen molar-refractivity contribution in [3.8, 4) is 16.9 Å². The minimum Gasteiger partial charge on any atom is -0.489 e. The van der Waals surface area contributed by atoms with Crippen LogP contribution in [0.3, 0.4) is 0 Å². The van der Waals surface area contributed by atoms with Gasteiger partial charge in [0.1, 0.15) is 12.4 Å². The highest BCUT2D eigenvalue weighted by atomic mass is 16.5. The lowest BCUT2D eigenvalue weighted by atomic mass is 10.0. The number of pyridine rings is 1. The molecular weight excluding hydrogens is 344 g/mol. The molecule has 0 amide bonds. The Balaban J connectivity index is 1.64. The van der Waals surface area contributed by atoms with Crippen molar-refractivity contribution in [1.29, 1.82) is 0 Å². The van der Waals surface area contributed by atoms with Crippen molar-refractivity contribution in [1.82, 2.24) is 14.6 Å². The molecule has 0 aliphatic heterocycles. The van der Waals surface area contributed by atoms with E-state index in [1.165, 1.54) is 4.52 Å². The molecule has 0 bridgehead atoms. The molecule has 0 saturated carbocycles. The highest BCUT2D eigenvalue weighted by Crippen LogP contribution is 2.27. The number of carbonyl (C=O) groups is 1. The monoisotopic (exact) mass is 360 g/mol. The van der Waals surface area contributed by atoms with E-state index in [0.29, 0.717) is 23.6 Å². The first-order valence-electron chi connectivity index (χ1n) is 8.27. The van der Waals surface area contributed by atoms with Gasteiger partial charge in [-0.1, -0.05) is 42.5 Å². The van der Waals surface area contributed by atoms with Crippen LogP contribution in [-0.4, -0.2) is 25.7 Å². The molecule has 3 N–H and O–H groups in total. The van der Waals surface area contributed by atoms with E-state index in [4.69, 9.17) is 10.5 Å². The number of nitrogens with zero attached hydrogens (tertiary/aromatic N) is 3. The van der Waals surface area contributed by atoms with Gasteiger partial charge >= 0.3 is 5.97 Å². The van der Waals surface area contributed by atoms with Gasteiger partial charge in [0.05, 0.1) is 0 Å². The molecule has 134 valence electrons. The zero-order chi connectivity index (χ0) is 18.8. The Bertz CT molecular complexity index is 1110. The largest absolute Gasteiger partial charge is 0.489 e. The standard InChI is InChI=1S/C20H16N4O3/c21-20-22-17-11-10-16(18(19(25)26)24(17)23-20)14-6-8-15(9-7-14)27-12-13-4-2-1-3-5-13/h1-11H,12H2,(H2,21,23)(H,25,26). The Hall–Kier alpha value is -3.87. The molecule has 4 aromatic rings. The molecular formula is C20H16N4O3. The van der Waals surface area contributed by atoms with Crippen LogP contribution in [0.15, 0.2) is 66.7 Å². The van der Waals surface area contributed by atoms with E-state index in [0.717, 1.165) is 11.1 Å².